The summed E-state index contributed by atoms with van der Waals surface area (Å²) in [5, 5.41) is 2.75. The number of rotatable bonds is 3. The van der Waals surface area contributed by atoms with Gasteiger partial charge in [0.15, 0.2) is 11.5 Å². The highest BCUT2D eigenvalue weighted by molar-refractivity contribution is 6.10. The number of hydrogen-bond acceptors (Lipinski definition) is 5. The molecule has 3 heterocycles. The summed E-state index contributed by atoms with van der Waals surface area (Å²) in [5.74, 6) is 0.409. The van der Waals surface area contributed by atoms with Gasteiger partial charge in [-0.1, -0.05) is 24.3 Å². The predicted molar refractivity (Wildman–Crippen MR) is 112 cm³/mol. The minimum atomic E-state index is -1.29. The van der Waals surface area contributed by atoms with Crippen LogP contribution in [-0.2, 0) is 21.5 Å². The van der Waals surface area contributed by atoms with Gasteiger partial charge in [-0.3, -0.25) is 14.5 Å². The number of anilines is 1. The third-order valence-electron chi connectivity index (χ3n) is 6.08. The molecule has 2 aromatic carbocycles. The number of fused-ring (bicyclic) bond motifs is 2. The number of carbonyl (C=O) groups excluding carboxylic acids is 3. The molecule has 1 fully saturated rings. The predicted octanol–water partition coefficient (Wildman–Crippen LogP) is 2.20. The van der Waals surface area contributed by atoms with Crippen molar-refractivity contribution >= 4 is 23.5 Å². The number of carbonyl (C=O) groups is 3. The minimum absolute atomic E-state index is 0.281. The van der Waals surface area contributed by atoms with E-state index in [9.17, 15) is 14.4 Å². The quantitative estimate of drug-likeness (QED) is 0.768. The van der Waals surface area contributed by atoms with Gasteiger partial charge in [0, 0.05) is 18.7 Å². The number of ether oxygens (including phenoxy) is 2. The number of nitrogens with zero attached hydrogens (tertiary/aromatic N) is 2. The van der Waals surface area contributed by atoms with E-state index in [1.54, 1.807) is 30.0 Å². The van der Waals surface area contributed by atoms with Crippen molar-refractivity contribution < 1.29 is 23.9 Å². The molecule has 0 bridgehead atoms. The Hall–Kier alpha value is -3.55. The van der Waals surface area contributed by atoms with Crippen LogP contribution in [0, 0.1) is 0 Å². The molecule has 8 heteroatoms. The van der Waals surface area contributed by atoms with Gasteiger partial charge in [-0.05, 0) is 42.7 Å². The summed E-state index contributed by atoms with van der Waals surface area (Å²) in [7, 11) is 0. The van der Waals surface area contributed by atoms with Gasteiger partial charge in [0.05, 0.1) is 13.2 Å². The fourth-order valence-electron chi connectivity index (χ4n) is 4.33. The van der Waals surface area contributed by atoms with Gasteiger partial charge in [0.1, 0.15) is 12.1 Å². The first-order chi connectivity index (χ1) is 15.0. The Labute approximate surface area is 179 Å². The second kappa shape index (κ2) is 7.30. The van der Waals surface area contributed by atoms with E-state index in [1.165, 1.54) is 0 Å². The molecule has 3 aliphatic rings. The Bertz CT molecular complexity index is 1080. The van der Waals surface area contributed by atoms with E-state index in [0.717, 1.165) is 29.0 Å². The Balaban J connectivity index is 1.37. The molecular weight excluding hydrogens is 398 g/mol. The first kappa shape index (κ1) is 19.4. The number of imide groups is 1. The maximum atomic E-state index is 13.3. The van der Waals surface area contributed by atoms with Gasteiger partial charge in [-0.25, -0.2) is 4.79 Å². The van der Waals surface area contributed by atoms with Crippen LogP contribution in [0.25, 0.3) is 0 Å². The fraction of sp³-hybridized carbons (Fsp3) is 0.348. The standard InChI is InChI=1S/C23H23N3O5/c1-23(16-7-8-18-19(13-16)31-12-4-11-30-18)21(28)26(22(29)24-23)14-20(27)25-10-9-15-5-2-3-6-17(15)25/h2-3,5-8,13H,4,9-12,14H2,1H3,(H,24,29)/t23-/m1/s1. The molecule has 2 aromatic rings. The molecule has 31 heavy (non-hydrogen) atoms. The van der Waals surface area contributed by atoms with Crippen molar-refractivity contribution in [2.24, 2.45) is 0 Å². The van der Waals surface area contributed by atoms with Crippen LogP contribution in [0.1, 0.15) is 24.5 Å². The SMILES string of the molecule is C[C@]1(c2ccc3c(c2)OCCCO3)NC(=O)N(CC(=O)N2CCc3ccccc32)C1=O. The van der Waals surface area contributed by atoms with Crippen LogP contribution in [-0.4, -0.2) is 49.0 Å². The number of nitrogens with one attached hydrogen (secondary N) is 1. The minimum Gasteiger partial charge on any atom is -0.490 e. The van der Waals surface area contributed by atoms with E-state index in [4.69, 9.17) is 9.47 Å². The fourth-order valence-corrected chi connectivity index (χ4v) is 4.33. The molecule has 5 rings (SSSR count). The molecule has 0 saturated carbocycles. The number of urea groups is 1. The number of amides is 4. The van der Waals surface area contributed by atoms with Crippen molar-refractivity contribution in [1.29, 1.82) is 0 Å². The monoisotopic (exact) mass is 421 g/mol. The molecule has 0 unspecified atom stereocenters. The zero-order valence-corrected chi connectivity index (χ0v) is 17.2. The van der Waals surface area contributed by atoms with E-state index < -0.39 is 17.5 Å². The van der Waals surface area contributed by atoms with Crippen molar-refractivity contribution in [3.05, 3.63) is 53.6 Å². The van der Waals surface area contributed by atoms with E-state index in [2.05, 4.69) is 5.32 Å². The average Bonchev–Trinajstić information content (AvgIpc) is 3.18. The third kappa shape index (κ3) is 3.19. The van der Waals surface area contributed by atoms with Crippen LogP contribution in [0.3, 0.4) is 0 Å². The van der Waals surface area contributed by atoms with Crippen molar-refractivity contribution in [1.82, 2.24) is 10.2 Å². The largest absolute Gasteiger partial charge is 0.490 e. The first-order valence-corrected chi connectivity index (χ1v) is 10.4. The molecule has 0 aromatic heterocycles. The van der Waals surface area contributed by atoms with Crippen molar-refractivity contribution in [3.63, 3.8) is 0 Å². The lowest BCUT2D eigenvalue weighted by molar-refractivity contribution is -0.134. The molecule has 0 spiro atoms. The molecular formula is C23H23N3O5. The van der Waals surface area contributed by atoms with Crippen LogP contribution in [0.5, 0.6) is 11.5 Å². The number of para-hydroxylation sites is 1. The molecule has 3 aliphatic heterocycles. The molecule has 0 aliphatic carbocycles. The van der Waals surface area contributed by atoms with E-state index in [0.29, 0.717) is 36.8 Å². The summed E-state index contributed by atoms with van der Waals surface area (Å²) in [6.45, 7) is 2.96. The summed E-state index contributed by atoms with van der Waals surface area (Å²) in [6.07, 6.45) is 1.53. The van der Waals surface area contributed by atoms with Crippen LogP contribution in [0.4, 0.5) is 10.5 Å². The Kier molecular flexibility index (Phi) is 4.57. The summed E-state index contributed by atoms with van der Waals surface area (Å²) in [4.78, 5) is 41.5. The Morgan fingerprint density at radius 1 is 1.10 bits per heavy atom. The van der Waals surface area contributed by atoms with Crippen LogP contribution in [0.15, 0.2) is 42.5 Å². The molecule has 1 atom stereocenters. The second-order valence-corrected chi connectivity index (χ2v) is 8.08. The molecule has 1 saturated heterocycles. The zero-order chi connectivity index (χ0) is 21.6. The first-order valence-electron chi connectivity index (χ1n) is 10.4. The third-order valence-corrected chi connectivity index (χ3v) is 6.08. The van der Waals surface area contributed by atoms with Gasteiger partial charge in [-0.2, -0.15) is 0 Å². The van der Waals surface area contributed by atoms with Crippen LogP contribution < -0.4 is 19.7 Å². The summed E-state index contributed by atoms with van der Waals surface area (Å²) in [6, 6.07) is 12.3. The van der Waals surface area contributed by atoms with Gasteiger partial charge in [0.2, 0.25) is 5.91 Å². The molecule has 1 N–H and O–H groups in total. The van der Waals surface area contributed by atoms with E-state index >= 15 is 0 Å². The average molecular weight is 421 g/mol. The summed E-state index contributed by atoms with van der Waals surface area (Å²) in [5.41, 5.74) is 1.22. The Morgan fingerprint density at radius 2 is 1.87 bits per heavy atom. The second-order valence-electron chi connectivity index (χ2n) is 8.08. The van der Waals surface area contributed by atoms with Crippen molar-refractivity contribution in [3.8, 4) is 11.5 Å². The van der Waals surface area contributed by atoms with Gasteiger partial charge in [-0.15, -0.1) is 0 Å². The zero-order valence-electron chi connectivity index (χ0n) is 17.2. The van der Waals surface area contributed by atoms with Gasteiger partial charge >= 0.3 is 6.03 Å². The smallest absolute Gasteiger partial charge is 0.325 e. The van der Waals surface area contributed by atoms with Crippen LogP contribution >= 0.6 is 0 Å². The number of hydrogen-bond donors (Lipinski definition) is 1. The number of benzene rings is 2. The maximum absolute atomic E-state index is 13.3. The summed E-state index contributed by atoms with van der Waals surface area (Å²) >= 11 is 0. The van der Waals surface area contributed by atoms with E-state index in [-0.39, 0.29) is 12.5 Å². The van der Waals surface area contributed by atoms with Gasteiger partial charge < -0.3 is 19.7 Å². The topological polar surface area (TPSA) is 88.2 Å². The Morgan fingerprint density at radius 3 is 2.71 bits per heavy atom. The normalized spacial score (nSPS) is 22.2. The lowest BCUT2D eigenvalue weighted by Gasteiger charge is -2.24. The van der Waals surface area contributed by atoms with Gasteiger partial charge in [0.25, 0.3) is 5.91 Å². The lowest BCUT2D eigenvalue weighted by atomic mass is 9.91. The molecule has 4 amide bonds. The summed E-state index contributed by atoms with van der Waals surface area (Å²) < 4.78 is 11.4. The highest BCUT2D eigenvalue weighted by Crippen LogP contribution is 2.37. The lowest BCUT2D eigenvalue weighted by Crippen LogP contribution is -2.44. The highest BCUT2D eigenvalue weighted by Gasteiger charge is 2.50. The van der Waals surface area contributed by atoms with Crippen LogP contribution in [0.2, 0.25) is 0 Å². The van der Waals surface area contributed by atoms with E-state index in [1.807, 2.05) is 24.3 Å². The maximum Gasteiger partial charge on any atom is 0.325 e. The molecule has 160 valence electrons. The molecule has 8 nitrogen and oxygen atoms in total. The highest BCUT2D eigenvalue weighted by atomic mass is 16.5. The van der Waals surface area contributed by atoms with Crippen molar-refractivity contribution in [2.45, 2.75) is 25.3 Å². The van der Waals surface area contributed by atoms with Crippen molar-refractivity contribution in [2.75, 3.05) is 31.2 Å². The molecule has 0 radical (unpaired) electrons.